The molecule has 0 aromatic carbocycles. The summed E-state index contributed by atoms with van der Waals surface area (Å²) in [6.07, 6.45) is 6.78. The Kier molecular flexibility index (Phi) is 5.86. The lowest BCUT2D eigenvalue weighted by Gasteiger charge is -2.27. The Hall–Kier alpha value is -3.11. The lowest BCUT2D eigenvalue weighted by atomic mass is 10.0. The lowest BCUT2D eigenvalue weighted by Crippen LogP contribution is -2.26. The second-order valence-electron chi connectivity index (χ2n) is 7.24. The number of fused-ring (bicyclic) bond motifs is 1. The molecule has 10 heteroatoms. The van der Waals surface area contributed by atoms with Gasteiger partial charge < -0.3 is 21.1 Å². The first-order valence-corrected chi connectivity index (χ1v) is 9.95. The Labute approximate surface area is 172 Å². The number of hydrogen-bond acceptors (Lipinski definition) is 7. The highest BCUT2D eigenvalue weighted by Crippen LogP contribution is 2.37. The highest BCUT2D eigenvalue weighted by atomic mass is 19.1. The van der Waals surface area contributed by atoms with Gasteiger partial charge in [0.2, 0.25) is 0 Å². The fourth-order valence-corrected chi connectivity index (χ4v) is 3.95. The monoisotopic (exact) mass is 413 g/mol. The van der Waals surface area contributed by atoms with Gasteiger partial charge in [0.05, 0.1) is 25.0 Å². The third kappa shape index (κ3) is 3.96. The number of primary amides is 1. The molecular formula is C20H24FN7O2. The van der Waals surface area contributed by atoms with Crippen LogP contribution in [0.15, 0.2) is 30.7 Å². The molecule has 4 rings (SSSR count). The second kappa shape index (κ2) is 8.72. The number of rotatable bonds is 8. The number of pyridine rings is 1. The SMILES string of the molecule is NC(=O)c1cnn2ccc(N3CCC[C@@H]3c3cc(F)cnc3CCNCCO)nc12. The Morgan fingerprint density at radius 1 is 1.37 bits per heavy atom. The number of anilines is 1. The summed E-state index contributed by atoms with van der Waals surface area (Å²) in [6.45, 7) is 1.97. The normalized spacial score (nSPS) is 16.5. The summed E-state index contributed by atoms with van der Waals surface area (Å²) in [7, 11) is 0. The molecule has 9 nitrogen and oxygen atoms in total. The van der Waals surface area contributed by atoms with Crippen LogP contribution in [0.5, 0.6) is 0 Å². The first-order valence-electron chi connectivity index (χ1n) is 9.95. The molecule has 4 N–H and O–H groups in total. The van der Waals surface area contributed by atoms with E-state index >= 15 is 0 Å². The van der Waals surface area contributed by atoms with Crippen molar-refractivity contribution in [3.05, 3.63) is 53.4 Å². The number of nitrogens with one attached hydrogen (secondary N) is 1. The van der Waals surface area contributed by atoms with Crippen LogP contribution in [0.25, 0.3) is 5.65 Å². The molecule has 0 aliphatic carbocycles. The third-order valence-corrected chi connectivity index (χ3v) is 5.32. The van der Waals surface area contributed by atoms with E-state index in [4.69, 9.17) is 10.8 Å². The van der Waals surface area contributed by atoms with E-state index in [0.29, 0.717) is 31.0 Å². The molecule has 1 saturated heterocycles. The number of nitrogens with two attached hydrogens (primary N) is 1. The zero-order chi connectivity index (χ0) is 21.1. The Balaban J connectivity index is 1.65. The van der Waals surface area contributed by atoms with Crippen LogP contribution in [-0.2, 0) is 6.42 Å². The van der Waals surface area contributed by atoms with Crippen LogP contribution >= 0.6 is 0 Å². The van der Waals surface area contributed by atoms with Crippen LogP contribution in [-0.4, -0.2) is 56.8 Å². The van der Waals surface area contributed by atoms with Gasteiger partial charge >= 0.3 is 0 Å². The van der Waals surface area contributed by atoms with E-state index in [-0.39, 0.29) is 24.0 Å². The molecule has 1 fully saturated rings. The molecule has 1 amide bonds. The summed E-state index contributed by atoms with van der Waals surface area (Å²) < 4.78 is 15.6. The standard InChI is InChI=1S/C20H24FN7O2/c21-13-10-14(16(24-11-13)3-5-23-6-9-29)17-2-1-7-27(17)18-4-8-28-20(26-18)15(12-25-28)19(22)30/h4,8,10-12,17,23,29H,1-3,5-7,9H2,(H2,22,30)/t17-/m1/s1. The van der Waals surface area contributed by atoms with Gasteiger partial charge in [-0.15, -0.1) is 0 Å². The maximum Gasteiger partial charge on any atom is 0.254 e. The van der Waals surface area contributed by atoms with Gasteiger partial charge in [-0.2, -0.15) is 5.10 Å². The molecule has 158 valence electrons. The first kappa shape index (κ1) is 20.2. The van der Waals surface area contributed by atoms with Gasteiger partial charge in [0.15, 0.2) is 5.65 Å². The van der Waals surface area contributed by atoms with Crippen molar-refractivity contribution < 1.29 is 14.3 Å². The van der Waals surface area contributed by atoms with Crippen LogP contribution in [0.1, 0.15) is 40.5 Å². The summed E-state index contributed by atoms with van der Waals surface area (Å²) in [6, 6.07) is 3.30. The number of nitrogens with zero attached hydrogens (tertiary/aromatic N) is 5. The van der Waals surface area contributed by atoms with E-state index in [1.54, 1.807) is 12.3 Å². The second-order valence-corrected chi connectivity index (χ2v) is 7.24. The first-order chi connectivity index (χ1) is 14.6. The number of amides is 1. The quantitative estimate of drug-likeness (QED) is 0.468. The van der Waals surface area contributed by atoms with Crippen molar-refractivity contribution in [2.75, 3.05) is 31.1 Å². The van der Waals surface area contributed by atoms with Crippen molar-refractivity contribution in [1.29, 1.82) is 0 Å². The third-order valence-electron chi connectivity index (χ3n) is 5.32. The van der Waals surface area contributed by atoms with Crippen LogP contribution in [0, 0.1) is 5.82 Å². The number of aliphatic hydroxyl groups is 1. The maximum atomic E-state index is 14.1. The molecule has 0 unspecified atom stereocenters. The molecule has 1 aliphatic rings. The van der Waals surface area contributed by atoms with E-state index in [1.165, 1.54) is 16.9 Å². The van der Waals surface area contributed by atoms with Gasteiger partial charge in [0, 0.05) is 37.9 Å². The van der Waals surface area contributed by atoms with Crippen LogP contribution in [0.3, 0.4) is 0 Å². The van der Waals surface area contributed by atoms with Crippen LogP contribution in [0.4, 0.5) is 10.2 Å². The minimum Gasteiger partial charge on any atom is -0.395 e. The van der Waals surface area contributed by atoms with E-state index in [9.17, 15) is 9.18 Å². The van der Waals surface area contributed by atoms with Gasteiger partial charge in [-0.05, 0) is 30.5 Å². The van der Waals surface area contributed by atoms with Gasteiger partial charge in [-0.25, -0.2) is 13.9 Å². The van der Waals surface area contributed by atoms with Crippen molar-refractivity contribution >= 4 is 17.4 Å². The lowest BCUT2D eigenvalue weighted by molar-refractivity contribution is 0.100. The zero-order valence-corrected chi connectivity index (χ0v) is 16.5. The van der Waals surface area contributed by atoms with E-state index < -0.39 is 5.91 Å². The highest BCUT2D eigenvalue weighted by Gasteiger charge is 2.30. The average Bonchev–Trinajstić information content (AvgIpc) is 3.38. The molecule has 0 spiro atoms. The summed E-state index contributed by atoms with van der Waals surface area (Å²) >= 11 is 0. The molecule has 1 aliphatic heterocycles. The van der Waals surface area contributed by atoms with E-state index in [2.05, 4.69) is 25.3 Å². The molecule has 0 saturated carbocycles. The predicted molar refractivity (Wildman–Crippen MR) is 109 cm³/mol. The summed E-state index contributed by atoms with van der Waals surface area (Å²) in [4.78, 5) is 22.7. The molecule has 0 bridgehead atoms. The molecule has 1 atom stereocenters. The van der Waals surface area contributed by atoms with Crippen molar-refractivity contribution in [1.82, 2.24) is 24.9 Å². The number of halogens is 1. The van der Waals surface area contributed by atoms with Crippen molar-refractivity contribution in [2.45, 2.75) is 25.3 Å². The molecule has 30 heavy (non-hydrogen) atoms. The molecule has 4 heterocycles. The minimum absolute atomic E-state index is 0.0656. The molecule has 3 aromatic rings. The molecule has 0 radical (unpaired) electrons. The van der Waals surface area contributed by atoms with Gasteiger partial charge in [0.1, 0.15) is 17.2 Å². The largest absolute Gasteiger partial charge is 0.395 e. The zero-order valence-electron chi connectivity index (χ0n) is 16.5. The number of aromatic nitrogens is 4. The Morgan fingerprint density at radius 2 is 2.23 bits per heavy atom. The number of carbonyl (C=O) groups excluding carboxylic acids is 1. The van der Waals surface area contributed by atoms with E-state index in [0.717, 1.165) is 30.6 Å². The fraction of sp³-hybridized carbons (Fsp3) is 0.400. The van der Waals surface area contributed by atoms with Gasteiger partial charge in [-0.1, -0.05) is 0 Å². The predicted octanol–water partition coefficient (Wildman–Crippen LogP) is 0.828. The topological polar surface area (TPSA) is 122 Å². The van der Waals surface area contributed by atoms with Crippen LogP contribution < -0.4 is 16.0 Å². The van der Waals surface area contributed by atoms with Crippen LogP contribution in [0.2, 0.25) is 0 Å². The van der Waals surface area contributed by atoms with Crippen molar-refractivity contribution in [2.24, 2.45) is 5.73 Å². The average molecular weight is 413 g/mol. The smallest absolute Gasteiger partial charge is 0.254 e. The van der Waals surface area contributed by atoms with E-state index in [1.807, 2.05) is 6.07 Å². The summed E-state index contributed by atoms with van der Waals surface area (Å²) in [5, 5.41) is 16.2. The Bertz CT molecular complexity index is 1050. The Morgan fingerprint density at radius 3 is 3.03 bits per heavy atom. The van der Waals surface area contributed by atoms with Gasteiger partial charge in [-0.3, -0.25) is 9.78 Å². The van der Waals surface area contributed by atoms with Crippen molar-refractivity contribution in [3.8, 4) is 0 Å². The molecule has 3 aromatic heterocycles. The minimum atomic E-state index is -0.584. The maximum absolute atomic E-state index is 14.1. The summed E-state index contributed by atoms with van der Waals surface area (Å²) in [5.41, 5.74) is 7.75. The number of carbonyl (C=O) groups is 1. The fourth-order valence-electron chi connectivity index (χ4n) is 3.95. The highest BCUT2D eigenvalue weighted by molar-refractivity contribution is 5.98. The van der Waals surface area contributed by atoms with Gasteiger partial charge in [0.25, 0.3) is 5.91 Å². The number of aliphatic hydroxyl groups excluding tert-OH is 1. The number of hydrogen-bond donors (Lipinski definition) is 3. The molecular weight excluding hydrogens is 389 g/mol. The summed E-state index contributed by atoms with van der Waals surface area (Å²) in [5.74, 6) is -0.277. The van der Waals surface area contributed by atoms with Crippen molar-refractivity contribution in [3.63, 3.8) is 0 Å².